The molecule has 0 aliphatic heterocycles. The molecule has 0 radical (unpaired) electrons. The predicted octanol–water partition coefficient (Wildman–Crippen LogP) is 8.61. The van der Waals surface area contributed by atoms with Crippen molar-refractivity contribution in [3.8, 4) is 11.3 Å². The highest BCUT2D eigenvalue weighted by atomic mass is 14.9. The van der Waals surface area contributed by atoms with Crippen LogP contribution in [0.15, 0.2) is 42.5 Å². The first-order valence-corrected chi connectivity index (χ1v) is 13.6. The van der Waals surface area contributed by atoms with Gasteiger partial charge >= 0.3 is 0 Å². The second kappa shape index (κ2) is 8.90. The third-order valence-corrected chi connectivity index (χ3v) is 9.17. The lowest BCUT2D eigenvalue weighted by Crippen LogP contribution is -2.31. The van der Waals surface area contributed by atoms with Crippen molar-refractivity contribution >= 4 is 10.8 Å². The van der Waals surface area contributed by atoms with Gasteiger partial charge in [-0.15, -0.1) is 0 Å². The third-order valence-electron chi connectivity index (χ3n) is 9.17. The lowest BCUT2D eigenvalue weighted by molar-refractivity contribution is -0.659. The van der Waals surface area contributed by atoms with E-state index >= 15 is 0 Å². The van der Waals surface area contributed by atoms with Crippen molar-refractivity contribution in [1.29, 1.82) is 0 Å². The van der Waals surface area contributed by atoms with Crippen molar-refractivity contribution in [2.45, 2.75) is 102 Å². The highest BCUT2D eigenvalue weighted by Crippen LogP contribution is 2.44. The number of rotatable bonds is 4. The topological polar surface area (TPSA) is 3.88 Å². The van der Waals surface area contributed by atoms with Crippen molar-refractivity contribution in [3.05, 3.63) is 64.8 Å². The average Bonchev–Trinajstić information content (AvgIpc) is 3.67. The van der Waals surface area contributed by atoms with Crippen molar-refractivity contribution in [1.82, 2.24) is 0 Å². The molecule has 0 amide bonds. The van der Waals surface area contributed by atoms with Gasteiger partial charge in [-0.2, -0.15) is 0 Å². The van der Waals surface area contributed by atoms with Gasteiger partial charge in [0.1, 0.15) is 8.42 Å². The molecule has 1 heteroatoms. The van der Waals surface area contributed by atoms with Gasteiger partial charge in [0.05, 0.1) is 12.3 Å². The molecule has 0 unspecified atom stereocenters. The molecule has 3 aromatic rings. The van der Waals surface area contributed by atoms with E-state index in [1.54, 1.807) is 5.56 Å². The van der Waals surface area contributed by atoms with Crippen LogP contribution in [0.25, 0.3) is 22.0 Å². The van der Waals surface area contributed by atoms with Gasteiger partial charge in [0, 0.05) is 6.04 Å². The fourth-order valence-corrected chi connectivity index (χ4v) is 7.25. The Kier molecular flexibility index (Phi) is 5.17. The van der Waals surface area contributed by atoms with E-state index in [1.807, 2.05) is 11.6 Å². The monoisotopic (exact) mass is 440 g/mol. The van der Waals surface area contributed by atoms with E-state index in [4.69, 9.17) is 2.74 Å². The fraction of sp³-hybridized carbons (Fsp3) is 0.531. The van der Waals surface area contributed by atoms with Crippen molar-refractivity contribution < 1.29 is 7.31 Å². The van der Waals surface area contributed by atoms with E-state index in [0.717, 1.165) is 16.5 Å². The Balaban J connectivity index is 1.58. The van der Waals surface area contributed by atoms with Gasteiger partial charge in [0.15, 0.2) is 6.17 Å². The molecule has 1 nitrogen and oxygen atoms in total. The summed E-state index contributed by atoms with van der Waals surface area (Å²) < 4.78 is 19.7. The number of fused-ring (bicyclic) bond motifs is 1. The summed E-state index contributed by atoms with van der Waals surface area (Å²) in [6.45, 7) is 2.32. The van der Waals surface area contributed by atoms with Gasteiger partial charge in [-0.1, -0.05) is 56.7 Å². The molecule has 0 atom stereocenters. The van der Waals surface area contributed by atoms with Crippen LogP contribution < -0.4 is 4.57 Å². The predicted molar refractivity (Wildman–Crippen MR) is 139 cm³/mol. The van der Waals surface area contributed by atoms with E-state index in [9.17, 15) is 0 Å². The molecule has 172 valence electrons. The number of aromatic nitrogens is 1. The van der Waals surface area contributed by atoms with Crippen LogP contribution in [0.4, 0.5) is 0 Å². The molecule has 2 aromatic carbocycles. The zero-order valence-corrected chi connectivity index (χ0v) is 20.6. The van der Waals surface area contributed by atoms with Crippen LogP contribution in [-0.2, 0) is 7.05 Å². The highest BCUT2D eigenvalue weighted by Gasteiger charge is 2.28. The van der Waals surface area contributed by atoms with Gasteiger partial charge < -0.3 is 0 Å². The second-order valence-corrected chi connectivity index (χ2v) is 11.2. The minimum Gasteiger partial charge on any atom is -0.200 e. The normalized spacial score (nSPS) is 21.3. The van der Waals surface area contributed by atoms with Gasteiger partial charge in [0.2, 0.25) is 5.69 Å². The molecule has 0 saturated heterocycles. The first kappa shape index (κ1) is 19.2. The Morgan fingerprint density at radius 3 is 2.03 bits per heavy atom. The first-order chi connectivity index (χ1) is 17.0. The van der Waals surface area contributed by atoms with Crippen LogP contribution in [0.1, 0.15) is 120 Å². The van der Waals surface area contributed by atoms with Gasteiger partial charge in [-0.05, 0) is 103 Å². The van der Waals surface area contributed by atoms with Crippen molar-refractivity contribution in [2.75, 3.05) is 0 Å². The van der Waals surface area contributed by atoms with E-state index in [0.29, 0.717) is 30.0 Å². The number of nitrogens with zero attached hydrogens (tertiary/aromatic N) is 1. The Morgan fingerprint density at radius 2 is 1.36 bits per heavy atom. The molecule has 6 rings (SSSR count). The SMILES string of the molecule is [2H]c1c([2H])[n+](C)c(-c2cc(C3CCCC3)cc(C3CCCC3)c2C)c2ccc(C3CCCC3)cc12. The quantitative estimate of drug-likeness (QED) is 0.357. The Morgan fingerprint density at radius 1 is 0.758 bits per heavy atom. The zero-order valence-electron chi connectivity index (χ0n) is 22.6. The molecule has 33 heavy (non-hydrogen) atoms. The summed E-state index contributed by atoms with van der Waals surface area (Å²) in [6, 6.07) is 12.2. The van der Waals surface area contributed by atoms with Crippen molar-refractivity contribution in [2.24, 2.45) is 7.05 Å². The molecule has 0 spiro atoms. The van der Waals surface area contributed by atoms with E-state index in [-0.39, 0.29) is 0 Å². The van der Waals surface area contributed by atoms with Crippen LogP contribution in [0.2, 0.25) is 0 Å². The summed E-state index contributed by atoms with van der Waals surface area (Å²) >= 11 is 0. The third kappa shape index (κ3) is 3.92. The summed E-state index contributed by atoms with van der Waals surface area (Å²) in [5.41, 5.74) is 8.26. The lowest BCUT2D eigenvalue weighted by atomic mass is 9.83. The van der Waals surface area contributed by atoms with E-state index < -0.39 is 0 Å². The number of hydrogen-bond acceptors (Lipinski definition) is 0. The van der Waals surface area contributed by atoms with Gasteiger partial charge in [-0.3, -0.25) is 0 Å². The molecular formula is C32H40N+. The van der Waals surface area contributed by atoms with Gasteiger partial charge in [0.25, 0.3) is 0 Å². The second-order valence-electron chi connectivity index (χ2n) is 11.2. The highest BCUT2D eigenvalue weighted by molar-refractivity contribution is 5.94. The molecule has 3 aliphatic rings. The number of pyridine rings is 1. The summed E-state index contributed by atoms with van der Waals surface area (Å²) in [5.74, 6) is 1.96. The van der Waals surface area contributed by atoms with Gasteiger partial charge in [-0.25, -0.2) is 4.57 Å². The van der Waals surface area contributed by atoms with E-state index in [2.05, 4.69) is 37.3 Å². The van der Waals surface area contributed by atoms with Crippen LogP contribution in [0.3, 0.4) is 0 Å². The van der Waals surface area contributed by atoms with Crippen LogP contribution >= 0.6 is 0 Å². The minimum atomic E-state index is 0.323. The van der Waals surface area contributed by atoms with Crippen LogP contribution in [-0.4, -0.2) is 0 Å². The summed E-state index contributed by atoms with van der Waals surface area (Å²) in [4.78, 5) is 0. The maximum Gasteiger partial charge on any atom is 0.220 e. The maximum atomic E-state index is 8.88. The Labute approximate surface area is 203 Å². The standard InChI is InChI=1S/C32H40N/c1-22-30(25-13-7-8-14-25)20-28(24-11-5-6-12-24)21-31(22)32-29-16-15-26(23-9-3-4-10-23)19-27(29)17-18-33(32)2/h15-21,23-25H,3-14H2,1-2H3/q+1/i17D,18D. The van der Waals surface area contributed by atoms with Crippen LogP contribution in [0.5, 0.6) is 0 Å². The zero-order chi connectivity index (χ0) is 24.1. The maximum absolute atomic E-state index is 8.88. The molecular weight excluding hydrogens is 398 g/mol. The molecule has 3 saturated carbocycles. The molecule has 0 bridgehead atoms. The Hall–Kier alpha value is -2.15. The largest absolute Gasteiger partial charge is 0.220 e. The smallest absolute Gasteiger partial charge is 0.200 e. The lowest BCUT2D eigenvalue weighted by Gasteiger charge is -2.21. The summed E-state index contributed by atoms with van der Waals surface area (Å²) in [7, 11) is 2.00. The van der Waals surface area contributed by atoms with E-state index in [1.165, 1.54) is 99.3 Å². The summed E-state index contributed by atoms with van der Waals surface area (Å²) in [6.07, 6.45) is 16.1. The first-order valence-electron chi connectivity index (χ1n) is 14.6. The molecule has 3 aliphatic carbocycles. The average molecular weight is 441 g/mol. The molecule has 0 N–H and O–H groups in total. The Bertz CT molecular complexity index is 1260. The van der Waals surface area contributed by atoms with Crippen molar-refractivity contribution in [3.63, 3.8) is 0 Å². The van der Waals surface area contributed by atoms with Crippen LogP contribution in [0, 0.1) is 6.92 Å². The molecule has 1 heterocycles. The fourth-order valence-electron chi connectivity index (χ4n) is 7.25. The number of hydrogen-bond donors (Lipinski definition) is 0. The molecule has 1 aromatic heterocycles. The summed E-state index contributed by atoms with van der Waals surface area (Å²) in [5, 5.41) is 2.10. The number of benzene rings is 2. The minimum absolute atomic E-state index is 0.323. The molecule has 3 fully saturated rings.